The topological polar surface area (TPSA) is 83.6 Å². The summed E-state index contributed by atoms with van der Waals surface area (Å²) in [4.78, 5) is 19.6. The summed E-state index contributed by atoms with van der Waals surface area (Å²) in [5, 5.41) is 8.91. The van der Waals surface area contributed by atoms with Crippen molar-refractivity contribution in [2.24, 2.45) is 0 Å². The predicted molar refractivity (Wildman–Crippen MR) is 67.2 cm³/mol. The minimum Gasteiger partial charge on any atom is -0.317 e. The van der Waals surface area contributed by atoms with Crippen molar-refractivity contribution in [1.29, 1.82) is 0 Å². The quantitative estimate of drug-likeness (QED) is 0.866. The van der Waals surface area contributed by atoms with Gasteiger partial charge in [0.1, 0.15) is 5.82 Å². The van der Waals surface area contributed by atoms with Crippen molar-refractivity contribution in [1.82, 2.24) is 20.2 Å². The smallest absolute Gasteiger partial charge is 0.295 e. The van der Waals surface area contributed by atoms with Crippen LogP contribution >= 0.6 is 0 Å². The Morgan fingerprint density at radius 3 is 2.74 bits per heavy atom. The zero-order valence-electron chi connectivity index (χ0n) is 10.9. The summed E-state index contributed by atoms with van der Waals surface area (Å²) in [7, 11) is 0. The van der Waals surface area contributed by atoms with Gasteiger partial charge >= 0.3 is 0 Å². The molecular weight excluding hydrogens is 249 g/mol. The summed E-state index contributed by atoms with van der Waals surface area (Å²) in [5.41, 5.74) is -0.199. The molecule has 19 heavy (non-hydrogen) atoms. The summed E-state index contributed by atoms with van der Waals surface area (Å²) >= 11 is 0. The Morgan fingerprint density at radius 2 is 2.16 bits per heavy atom. The molecule has 0 saturated carbocycles. The van der Waals surface area contributed by atoms with Crippen LogP contribution in [0.5, 0.6) is 0 Å². The SMILES string of the molecule is CC(C)(C)c1nc(C(=O)Nc2ccncc2F)n[nH]1. The number of carbonyl (C=O) groups excluding carboxylic acids is 1. The average Bonchev–Trinajstić information content (AvgIpc) is 2.81. The first-order valence-corrected chi connectivity index (χ1v) is 5.71. The van der Waals surface area contributed by atoms with Gasteiger partial charge in [-0.15, -0.1) is 5.10 Å². The number of nitrogens with zero attached hydrogens (tertiary/aromatic N) is 3. The molecule has 0 bridgehead atoms. The molecule has 6 nitrogen and oxygen atoms in total. The summed E-state index contributed by atoms with van der Waals surface area (Å²) in [5.74, 6) is -0.617. The van der Waals surface area contributed by atoms with Crippen LogP contribution in [-0.2, 0) is 5.41 Å². The molecule has 0 aliphatic heterocycles. The van der Waals surface area contributed by atoms with Crippen molar-refractivity contribution in [3.05, 3.63) is 35.9 Å². The van der Waals surface area contributed by atoms with E-state index >= 15 is 0 Å². The largest absolute Gasteiger partial charge is 0.317 e. The summed E-state index contributed by atoms with van der Waals surface area (Å²) < 4.78 is 13.3. The number of anilines is 1. The number of nitrogens with one attached hydrogen (secondary N) is 2. The standard InChI is InChI=1S/C12H14FN5O/c1-12(2,3)11-16-9(17-18-11)10(19)15-8-4-5-14-6-7(8)13/h4-6H,1-3H3,(H,14,15,19)(H,16,17,18). The monoisotopic (exact) mass is 263 g/mol. The Bertz CT molecular complexity index is 602. The molecule has 100 valence electrons. The number of hydrogen-bond acceptors (Lipinski definition) is 4. The molecule has 0 fully saturated rings. The average molecular weight is 263 g/mol. The van der Waals surface area contributed by atoms with Crippen LogP contribution in [0.2, 0.25) is 0 Å². The van der Waals surface area contributed by atoms with E-state index in [4.69, 9.17) is 0 Å². The van der Waals surface area contributed by atoms with Gasteiger partial charge in [-0.25, -0.2) is 9.37 Å². The van der Waals surface area contributed by atoms with Gasteiger partial charge in [0.05, 0.1) is 11.9 Å². The molecule has 1 amide bonds. The van der Waals surface area contributed by atoms with Crippen molar-refractivity contribution in [2.45, 2.75) is 26.2 Å². The zero-order valence-corrected chi connectivity index (χ0v) is 10.9. The predicted octanol–water partition coefficient (Wildman–Crippen LogP) is 1.89. The van der Waals surface area contributed by atoms with E-state index in [1.807, 2.05) is 20.8 Å². The molecule has 0 radical (unpaired) electrons. The van der Waals surface area contributed by atoms with Crippen LogP contribution in [0.3, 0.4) is 0 Å². The fourth-order valence-electron chi connectivity index (χ4n) is 1.35. The third-order valence-corrected chi connectivity index (χ3v) is 2.42. The summed E-state index contributed by atoms with van der Waals surface area (Å²) in [6.07, 6.45) is 2.41. The Hall–Kier alpha value is -2.31. The number of rotatable bonds is 2. The van der Waals surface area contributed by atoms with Crippen molar-refractivity contribution in [3.8, 4) is 0 Å². The van der Waals surface area contributed by atoms with E-state index < -0.39 is 11.7 Å². The molecule has 0 spiro atoms. The van der Waals surface area contributed by atoms with Crippen LogP contribution in [0.1, 0.15) is 37.2 Å². The molecule has 2 N–H and O–H groups in total. The minimum absolute atomic E-state index is 0.0267. The highest BCUT2D eigenvalue weighted by Gasteiger charge is 2.21. The number of amides is 1. The number of halogens is 1. The second-order valence-corrected chi connectivity index (χ2v) is 5.07. The van der Waals surface area contributed by atoms with Gasteiger partial charge in [-0.2, -0.15) is 0 Å². The maximum Gasteiger partial charge on any atom is 0.295 e. The van der Waals surface area contributed by atoms with Gasteiger partial charge in [-0.3, -0.25) is 14.9 Å². The maximum absolute atomic E-state index is 13.3. The van der Waals surface area contributed by atoms with Gasteiger partial charge in [0.25, 0.3) is 5.91 Å². The molecule has 2 heterocycles. The number of aromatic nitrogens is 4. The number of pyridine rings is 1. The molecule has 2 aromatic rings. The molecule has 0 unspecified atom stereocenters. The fourth-order valence-corrected chi connectivity index (χ4v) is 1.35. The first-order chi connectivity index (χ1) is 8.88. The second kappa shape index (κ2) is 4.75. The highest BCUT2D eigenvalue weighted by atomic mass is 19.1. The van der Waals surface area contributed by atoms with E-state index in [2.05, 4.69) is 25.5 Å². The Labute approximate surface area is 109 Å². The molecule has 0 aliphatic carbocycles. The number of aromatic amines is 1. The Morgan fingerprint density at radius 1 is 1.42 bits per heavy atom. The highest BCUT2D eigenvalue weighted by molar-refractivity contribution is 6.01. The minimum atomic E-state index is -0.609. The van der Waals surface area contributed by atoms with Crippen LogP contribution in [0, 0.1) is 5.82 Å². The van der Waals surface area contributed by atoms with Crippen molar-refractivity contribution in [2.75, 3.05) is 5.32 Å². The molecule has 0 atom stereocenters. The maximum atomic E-state index is 13.3. The van der Waals surface area contributed by atoms with Crippen molar-refractivity contribution < 1.29 is 9.18 Å². The van der Waals surface area contributed by atoms with Gasteiger partial charge in [0, 0.05) is 11.6 Å². The van der Waals surface area contributed by atoms with E-state index in [0.29, 0.717) is 5.82 Å². The van der Waals surface area contributed by atoms with E-state index in [9.17, 15) is 9.18 Å². The first kappa shape index (κ1) is 13.1. The molecule has 0 aromatic carbocycles. The lowest BCUT2D eigenvalue weighted by molar-refractivity contribution is 0.101. The van der Waals surface area contributed by atoms with E-state index in [1.165, 1.54) is 12.3 Å². The van der Waals surface area contributed by atoms with Gasteiger partial charge in [-0.05, 0) is 6.07 Å². The van der Waals surface area contributed by atoms with Crippen LogP contribution < -0.4 is 5.32 Å². The summed E-state index contributed by atoms with van der Waals surface area (Å²) in [6, 6.07) is 1.37. The first-order valence-electron chi connectivity index (χ1n) is 5.71. The van der Waals surface area contributed by atoms with Crippen LogP contribution in [-0.4, -0.2) is 26.1 Å². The lowest BCUT2D eigenvalue weighted by Crippen LogP contribution is -2.16. The van der Waals surface area contributed by atoms with Gasteiger partial charge in [0.15, 0.2) is 5.82 Å². The normalized spacial score (nSPS) is 11.4. The van der Waals surface area contributed by atoms with E-state index in [0.717, 1.165) is 6.20 Å². The van der Waals surface area contributed by atoms with Crippen LogP contribution in [0.4, 0.5) is 10.1 Å². The lowest BCUT2D eigenvalue weighted by atomic mass is 9.96. The molecule has 2 rings (SSSR count). The Balaban J connectivity index is 2.17. The molecule has 2 aromatic heterocycles. The number of hydrogen-bond donors (Lipinski definition) is 2. The number of carbonyl (C=O) groups is 1. The third-order valence-electron chi connectivity index (χ3n) is 2.42. The van der Waals surface area contributed by atoms with Crippen LogP contribution in [0.15, 0.2) is 18.5 Å². The van der Waals surface area contributed by atoms with Gasteiger partial charge < -0.3 is 5.32 Å². The van der Waals surface area contributed by atoms with Crippen molar-refractivity contribution in [3.63, 3.8) is 0 Å². The molecule has 0 saturated heterocycles. The van der Waals surface area contributed by atoms with Gasteiger partial charge in [-0.1, -0.05) is 20.8 Å². The fraction of sp³-hybridized carbons (Fsp3) is 0.333. The van der Waals surface area contributed by atoms with Gasteiger partial charge in [0.2, 0.25) is 5.82 Å². The second-order valence-electron chi connectivity index (χ2n) is 5.07. The van der Waals surface area contributed by atoms with E-state index in [-0.39, 0.29) is 16.9 Å². The Kier molecular flexibility index (Phi) is 3.28. The molecule has 0 aliphatic rings. The molecule has 7 heteroatoms. The van der Waals surface area contributed by atoms with Crippen molar-refractivity contribution >= 4 is 11.6 Å². The third kappa shape index (κ3) is 2.93. The zero-order chi connectivity index (χ0) is 14.0. The number of H-pyrrole nitrogens is 1. The highest BCUT2D eigenvalue weighted by Crippen LogP contribution is 2.18. The van der Waals surface area contributed by atoms with E-state index in [1.54, 1.807) is 0 Å². The lowest BCUT2D eigenvalue weighted by Gasteiger charge is -2.12. The molecular formula is C12H14FN5O. The van der Waals surface area contributed by atoms with Crippen LogP contribution in [0.25, 0.3) is 0 Å². The summed E-state index contributed by atoms with van der Waals surface area (Å²) in [6.45, 7) is 5.83.